The Kier molecular flexibility index (Phi) is 5.89. The topological polar surface area (TPSA) is 20.2 Å². The number of aliphatic hydroxyl groups is 1. The molecule has 1 aliphatic rings. The Balaban J connectivity index is 3.04. The van der Waals surface area contributed by atoms with Crippen molar-refractivity contribution in [1.29, 1.82) is 0 Å². The van der Waals surface area contributed by atoms with Gasteiger partial charge >= 0.3 is 0 Å². The van der Waals surface area contributed by atoms with Crippen LogP contribution in [-0.2, 0) is 0 Å². The molecule has 0 spiro atoms. The van der Waals surface area contributed by atoms with Crippen LogP contribution in [0.25, 0.3) is 0 Å². The van der Waals surface area contributed by atoms with Gasteiger partial charge in [-0.15, -0.1) is 11.5 Å². The summed E-state index contributed by atoms with van der Waals surface area (Å²) in [4.78, 5) is 0. The van der Waals surface area contributed by atoms with E-state index in [1.807, 2.05) is 0 Å². The van der Waals surface area contributed by atoms with E-state index in [1.54, 1.807) is 0 Å². The largest absolute Gasteiger partial charge is 0.396 e. The maximum absolute atomic E-state index is 9.61. The van der Waals surface area contributed by atoms with Crippen molar-refractivity contribution in [2.75, 3.05) is 6.61 Å². The number of hydrogen-bond acceptors (Lipinski definition) is 1. The highest BCUT2D eigenvalue weighted by atomic mass is 28.3. The summed E-state index contributed by atoms with van der Waals surface area (Å²) in [6.07, 6.45) is 5.48. The third-order valence-electron chi connectivity index (χ3n) is 5.08. The Morgan fingerprint density at radius 1 is 1.21 bits per heavy atom. The number of rotatable bonds is 4. The van der Waals surface area contributed by atoms with Crippen molar-refractivity contribution in [2.45, 2.75) is 59.2 Å². The molecule has 3 atom stereocenters. The van der Waals surface area contributed by atoms with Crippen LogP contribution >= 0.6 is 0 Å². The van der Waals surface area contributed by atoms with Crippen LogP contribution in [0.5, 0.6) is 0 Å². The SMILES string of the molecule is CC[Si](C#C[C@]1(C)C[C@H](C)C=C[C@@H]1CO)(CC)CC. The third kappa shape index (κ3) is 3.74. The lowest BCUT2D eigenvalue weighted by atomic mass is 9.69. The van der Waals surface area contributed by atoms with E-state index in [0.29, 0.717) is 5.92 Å². The number of aliphatic hydroxyl groups excluding tert-OH is 1. The minimum absolute atomic E-state index is 0.0410. The van der Waals surface area contributed by atoms with E-state index in [0.717, 1.165) is 6.42 Å². The fourth-order valence-electron chi connectivity index (χ4n) is 3.12. The van der Waals surface area contributed by atoms with Crippen LogP contribution in [0, 0.1) is 28.7 Å². The summed E-state index contributed by atoms with van der Waals surface area (Å²) in [5.74, 6) is 4.40. The minimum atomic E-state index is -1.38. The molecule has 1 rings (SSSR count). The third-order valence-corrected chi connectivity index (χ3v) is 9.79. The number of allylic oxidation sites excluding steroid dienone is 1. The summed E-state index contributed by atoms with van der Waals surface area (Å²) in [5, 5.41) is 9.61. The maximum Gasteiger partial charge on any atom is 0.137 e. The van der Waals surface area contributed by atoms with Crippen molar-refractivity contribution >= 4 is 8.07 Å². The molecule has 0 unspecified atom stereocenters. The van der Waals surface area contributed by atoms with Gasteiger partial charge in [0.05, 0.1) is 6.61 Å². The van der Waals surface area contributed by atoms with Crippen molar-refractivity contribution in [3.8, 4) is 11.5 Å². The Hall–Kier alpha value is -0.523. The molecule has 0 aliphatic heterocycles. The van der Waals surface area contributed by atoms with Crippen LogP contribution < -0.4 is 0 Å². The van der Waals surface area contributed by atoms with Crippen LogP contribution in [0.3, 0.4) is 0 Å². The standard InChI is InChI=1S/C17H30OSi/c1-6-19(7-2,8-3)12-11-17(5)13-15(4)9-10-16(17)14-18/h9-10,15-16,18H,6-8,13-14H2,1-5H3/t15-,16-,17-/m1/s1. The van der Waals surface area contributed by atoms with E-state index >= 15 is 0 Å². The van der Waals surface area contributed by atoms with Crippen molar-refractivity contribution in [3.05, 3.63) is 12.2 Å². The zero-order chi connectivity index (χ0) is 14.5. The van der Waals surface area contributed by atoms with Crippen molar-refractivity contribution < 1.29 is 5.11 Å². The molecular weight excluding hydrogens is 248 g/mol. The molecule has 1 nitrogen and oxygen atoms in total. The number of hydrogen-bond donors (Lipinski definition) is 1. The highest BCUT2D eigenvalue weighted by Crippen LogP contribution is 2.39. The zero-order valence-corrected chi connectivity index (χ0v) is 14.3. The summed E-state index contributed by atoms with van der Waals surface area (Å²) in [6.45, 7) is 11.6. The van der Waals surface area contributed by atoms with Gasteiger partial charge < -0.3 is 5.11 Å². The van der Waals surface area contributed by atoms with Crippen LogP contribution in [0.2, 0.25) is 18.1 Å². The second-order valence-corrected chi connectivity index (χ2v) is 11.3. The highest BCUT2D eigenvalue weighted by Gasteiger charge is 2.35. The van der Waals surface area contributed by atoms with Crippen LogP contribution in [0.15, 0.2) is 12.2 Å². The maximum atomic E-state index is 9.61. The summed E-state index contributed by atoms with van der Waals surface area (Å²) in [7, 11) is -1.38. The second-order valence-electron chi connectivity index (χ2n) is 6.36. The molecule has 0 radical (unpaired) electrons. The van der Waals surface area contributed by atoms with E-state index in [4.69, 9.17) is 0 Å². The molecule has 0 amide bonds. The molecule has 1 N–H and O–H groups in total. The van der Waals surface area contributed by atoms with Crippen molar-refractivity contribution in [3.63, 3.8) is 0 Å². The quantitative estimate of drug-likeness (QED) is 0.463. The summed E-state index contributed by atoms with van der Waals surface area (Å²) in [6, 6.07) is 3.74. The van der Waals surface area contributed by atoms with Crippen LogP contribution in [0.4, 0.5) is 0 Å². The molecule has 19 heavy (non-hydrogen) atoms. The lowest BCUT2D eigenvalue weighted by Gasteiger charge is -2.36. The van der Waals surface area contributed by atoms with Gasteiger partial charge in [0.25, 0.3) is 0 Å². The van der Waals surface area contributed by atoms with Gasteiger partial charge in [-0.25, -0.2) is 0 Å². The summed E-state index contributed by atoms with van der Waals surface area (Å²) < 4.78 is 0. The van der Waals surface area contributed by atoms with Gasteiger partial charge in [-0.1, -0.05) is 39.8 Å². The zero-order valence-electron chi connectivity index (χ0n) is 13.3. The summed E-state index contributed by atoms with van der Waals surface area (Å²) >= 11 is 0. The van der Waals surface area contributed by atoms with E-state index in [1.165, 1.54) is 18.1 Å². The fourth-order valence-corrected chi connectivity index (χ4v) is 5.70. The fraction of sp³-hybridized carbons (Fsp3) is 0.765. The first kappa shape index (κ1) is 16.5. The van der Waals surface area contributed by atoms with Gasteiger partial charge in [-0.2, -0.15) is 0 Å². The molecule has 2 heteroatoms. The van der Waals surface area contributed by atoms with Gasteiger partial charge in [-0.05, 0) is 37.4 Å². The molecule has 0 heterocycles. The smallest absolute Gasteiger partial charge is 0.137 e. The Morgan fingerprint density at radius 3 is 2.26 bits per heavy atom. The molecule has 0 fully saturated rings. The molecule has 0 bridgehead atoms. The van der Waals surface area contributed by atoms with E-state index in [2.05, 4.69) is 58.2 Å². The molecule has 0 saturated carbocycles. The van der Waals surface area contributed by atoms with Gasteiger partial charge in [0.15, 0.2) is 0 Å². The van der Waals surface area contributed by atoms with Crippen LogP contribution in [-0.4, -0.2) is 19.8 Å². The molecule has 108 valence electrons. The predicted molar refractivity (Wildman–Crippen MR) is 86.6 cm³/mol. The average Bonchev–Trinajstić information content (AvgIpc) is 2.41. The normalized spacial score (nSPS) is 30.8. The Morgan fingerprint density at radius 2 is 1.79 bits per heavy atom. The molecule has 0 aromatic heterocycles. The van der Waals surface area contributed by atoms with E-state index in [9.17, 15) is 5.11 Å². The lowest BCUT2D eigenvalue weighted by molar-refractivity contribution is 0.155. The highest BCUT2D eigenvalue weighted by molar-refractivity contribution is 6.87. The second kappa shape index (κ2) is 6.77. The van der Waals surface area contributed by atoms with Gasteiger partial charge in [0.2, 0.25) is 0 Å². The Labute approximate surface area is 120 Å². The first-order chi connectivity index (χ1) is 8.95. The monoisotopic (exact) mass is 278 g/mol. The predicted octanol–water partition coefficient (Wildman–Crippen LogP) is 4.25. The molecule has 1 aliphatic carbocycles. The molecular formula is C17H30OSi. The van der Waals surface area contributed by atoms with Crippen molar-refractivity contribution in [1.82, 2.24) is 0 Å². The molecule has 0 aromatic carbocycles. The minimum Gasteiger partial charge on any atom is -0.396 e. The van der Waals surface area contributed by atoms with Gasteiger partial charge in [0, 0.05) is 11.3 Å². The molecule has 0 saturated heterocycles. The summed E-state index contributed by atoms with van der Waals surface area (Å²) in [5.41, 5.74) is 3.68. The Bertz CT molecular complexity index is 364. The lowest BCUT2D eigenvalue weighted by Crippen LogP contribution is -2.34. The van der Waals surface area contributed by atoms with E-state index in [-0.39, 0.29) is 17.9 Å². The van der Waals surface area contributed by atoms with Crippen molar-refractivity contribution in [2.24, 2.45) is 17.3 Å². The van der Waals surface area contributed by atoms with Crippen LogP contribution in [0.1, 0.15) is 41.0 Å². The van der Waals surface area contributed by atoms with Gasteiger partial charge in [-0.3, -0.25) is 0 Å². The first-order valence-corrected chi connectivity index (χ1v) is 10.4. The molecule has 0 aromatic rings. The van der Waals surface area contributed by atoms with E-state index < -0.39 is 8.07 Å². The van der Waals surface area contributed by atoms with Gasteiger partial charge in [0.1, 0.15) is 8.07 Å². The average molecular weight is 279 g/mol. The first-order valence-electron chi connectivity index (χ1n) is 7.78.